The Morgan fingerprint density at radius 3 is 2.85 bits per heavy atom. The van der Waals surface area contributed by atoms with Gasteiger partial charge in [0.1, 0.15) is 18.4 Å². The van der Waals surface area contributed by atoms with E-state index >= 15 is 0 Å². The SMILES string of the molecule is NC1c2ccccc2OCC1n1ncc2ccccc21. The van der Waals surface area contributed by atoms with Crippen LogP contribution >= 0.6 is 0 Å². The van der Waals surface area contributed by atoms with Gasteiger partial charge < -0.3 is 10.5 Å². The van der Waals surface area contributed by atoms with Crippen LogP contribution in [-0.2, 0) is 0 Å². The largest absolute Gasteiger partial charge is 0.491 e. The summed E-state index contributed by atoms with van der Waals surface area (Å²) in [5.41, 5.74) is 8.57. The molecule has 20 heavy (non-hydrogen) atoms. The predicted molar refractivity (Wildman–Crippen MR) is 77.6 cm³/mol. The average molecular weight is 265 g/mol. The predicted octanol–water partition coefficient (Wildman–Crippen LogP) is 2.67. The number of para-hydroxylation sites is 2. The number of nitrogens with zero attached hydrogens (tertiary/aromatic N) is 2. The van der Waals surface area contributed by atoms with Crippen LogP contribution in [-0.4, -0.2) is 16.4 Å². The summed E-state index contributed by atoms with van der Waals surface area (Å²) in [5, 5.41) is 5.62. The lowest BCUT2D eigenvalue weighted by atomic mass is 9.97. The highest BCUT2D eigenvalue weighted by molar-refractivity contribution is 5.78. The molecule has 2 unspecified atom stereocenters. The molecule has 1 aliphatic rings. The molecule has 2 N–H and O–H groups in total. The van der Waals surface area contributed by atoms with Crippen LogP contribution in [0.2, 0.25) is 0 Å². The molecule has 4 rings (SSSR count). The van der Waals surface area contributed by atoms with Gasteiger partial charge in [0.05, 0.1) is 17.8 Å². The van der Waals surface area contributed by atoms with Gasteiger partial charge in [-0.2, -0.15) is 5.10 Å². The Kier molecular flexibility index (Phi) is 2.50. The fourth-order valence-electron chi connectivity index (χ4n) is 2.85. The van der Waals surface area contributed by atoms with Crippen LogP contribution in [0.15, 0.2) is 54.7 Å². The molecule has 2 aromatic carbocycles. The maximum absolute atomic E-state index is 6.43. The minimum absolute atomic E-state index is 0.0183. The molecule has 3 aromatic rings. The van der Waals surface area contributed by atoms with Gasteiger partial charge in [-0.15, -0.1) is 0 Å². The number of rotatable bonds is 1. The van der Waals surface area contributed by atoms with Crippen molar-refractivity contribution in [1.29, 1.82) is 0 Å². The van der Waals surface area contributed by atoms with Gasteiger partial charge in [-0.25, -0.2) is 0 Å². The Labute approximate surface area is 116 Å². The van der Waals surface area contributed by atoms with E-state index in [4.69, 9.17) is 10.5 Å². The fraction of sp³-hybridized carbons (Fsp3) is 0.188. The van der Waals surface area contributed by atoms with Gasteiger partial charge in [0.25, 0.3) is 0 Å². The van der Waals surface area contributed by atoms with Crippen molar-refractivity contribution in [3.63, 3.8) is 0 Å². The van der Waals surface area contributed by atoms with Crippen LogP contribution < -0.4 is 10.5 Å². The summed E-state index contributed by atoms with van der Waals surface area (Å²) in [7, 11) is 0. The van der Waals surface area contributed by atoms with Gasteiger partial charge in [-0.3, -0.25) is 4.68 Å². The van der Waals surface area contributed by atoms with Crippen LogP contribution in [0.4, 0.5) is 0 Å². The number of benzene rings is 2. The fourth-order valence-corrected chi connectivity index (χ4v) is 2.85. The molecule has 4 heteroatoms. The molecule has 0 radical (unpaired) electrons. The van der Waals surface area contributed by atoms with Crippen molar-refractivity contribution < 1.29 is 4.74 Å². The van der Waals surface area contributed by atoms with Crippen molar-refractivity contribution in [2.24, 2.45) is 5.73 Å². The number of fused-ring (bicyclic) bond motifs is 2. The molecule has 4 nitrogen and oxygen atoms in total. The molecule has 1 aromatic heterocycles. The number of aromatic nitrogens is 2. The summed E-state index contributed by atoms with van der Waals surface area (Å²) < 4.78 is 7.82. The van der Waals surface area contributed by atoms with E-state index in [1.165, 1.54) is 0 Å². The van der Waals surface area contributed by atoms with Gasteiger partial charge in [0, 0.05) is 10.9 Å². The minimum Gasteiger partial charge on any atom is -0.491 e. The Bertz CT molecular complexity index is 765. The molecule has 0 saturated carbocycles. The van der Waals surface area contributed by atoms with Crippen molar-refractivity contribution in [2.45, 2.75) is 12.1 Å². The molecule has 0 aliphatic carbocycles. The molecule has 2 atom stereocenters. The first-order valence-electron chi connectivity index (χ1n) is 6.74. The zero-order valence-corrected chi connectivity index (χ0v) is 10.9. The third kappa shape index (κ3) is 1.62. The molecule has 100 valence electrons. The summed E-state index contributed by atoms with van der Waals surface area (Å²) in [6.45, 7) is 0.545. The molecule has 0 spiro atoms. The summed E-state index contributed by atoms with van der Waals surface area (Å²) >= 11 is 0. The maximum Gasteiger partial charge on any atom is 0.124 e. The topological polar surface area (TPSA) is 53.1 Å². The van der Waals surface area contributed by atoms with E-state index in [-0.39, 0.29) is 12.1 Å². The first-order chi connectivity index (χ1) is 9.84. The first-order valence-corrected chi connectivity index (χ1v) is 6.74. The van der Waals surface area contributed by atoms with E-state index in [2.05, 4.69) is 17.2 Å². The maximum atomic E-state index is 6.43. The third-order valence-corrected chi connectivity index (χ3v) is 3.92. The normalized spacial score (nSPS) is 21.4. The van der Waals surface area contributed by atoms with E-state index in [0.717, 1.165) is 22.2 Å². The zero-order valence-electron chi connectivity index (χ0n) is 10.9. The molecule has 0 amide bonds. The highest BCUT2D eigenvalue weighted by atomic mass is 16.5. The average Bonchev–Trinajstić information content (AvgIpc) is 2.92. The Morgan fingerprint density at radius 2 is 1.90 bits per heavy atom. The molecule has 2 heterocycles. The third-order valence-electron chi connectivity index (χ3n) is 3.92. The lowest BCUT2D eigenvalue weighted by Crippen LogP contribution is -2.34. The van der Waals surface area contributed by atoms with Crippen molar-refractivity contribution in [2.75, 3.05) is 6.61 Å². The Hall–Kier alpha value is -2.33. The highest BCUT2D eigenvalue weighted by Gasteiger charge is 2.30. The van der Waals surface area contributed by atoms with Crippen molar-refractivity contribution in [1.82, 2.24) is 9.78 Å². The second-order valence-electron chi connectivity index (χ2n) is 5.09. The minimum atomic E-state index is -0.108. The van der Waals surface area contributed by atoms with Crippen molar-refractivity contribution in [3.8, 4) is 5.75 Å². The van der Waals surface area contributed by atoms with Gasteiger partial charge in [-0.1, -0.05) is 36.4 Å². The van der Waals surface area contributed by atoms with Crippen LogP contribution in [0, 0.1) is 0 Å². The second kappa shape index (κ2) is 4.35. The van der Waals surface area contributed by atoms with Gasteiger partial charge in [0.2, 0.25) is 0 Å². The van der Waals surface area contributed by atoms with Crippen molar-refractivity contribution >= 4 is 10.9 Å². The zero-order chi connectivity index (χ0) is 13.5. The quantitative estimate of drug-likeness (QED) is 0.736. The van der Waals surface area contributed by atoms with Gasteiger partial charge in [0.15, 0.2) is 0 Å². The summed E-state index contributed by atoms with van der Waals surface area (Å²) in [6.07, 6.45) is 1.88. The van der Waals surface area contributed by atoms with E-state index in [1.54, 1.807) is 0 Å². The first kappa shape index (κ1) is 11.5. The van der Waals surface area contributed by atoms with E-state index in [1.807, 2.05) is 47.3 Å². The van der Waals surface area contributed by atoms with E-state index < -0.39 is 0 Å². The summed E-state index contributed by atoms with van der Waals surface area (Å²) in [4.78, 5) is 0. The van der Waals surface area contributed by atoms with Gasteiger partial charge in [-0.05, 0) is 12.1 Å². The summed E-state index contributed by atoms with van der Waals surface area (Å²) in [6, 6.07) is 16.0. The van der Waals surface area contributed by atoms with Crippen LogP contribution in [0.1, 0.15) is 17.6 Å². The number of hydrogen-bond donors (Lipinski definition) is 1. The number of nitrogens with two attached hydrogens (primary N) is 1. The molecule has 0 bridgehead atoms. The van der Waals surface area contributed by atoms with Crippen molar-refractivity contribution in [3.05, 3.63) is 60.3 Å². The molecular weight excluding hydrogens is 250 g/mol. The molecule has 1 aliphatic heterocycles. The highest BCUT2D eigenvalue weighted by Crippen LogP contribution is 2.36. The van der Waals surface area contributed by atoms with Gasteiger partial charge >= 0.3 is 0 Å². The van der Waals surface area contributed by atoms with E-state index in [0.29, 0.717) is 6.61 Å². The molecular formula is C16H15N3O. The second-order valence-corrected chi connectivity index (χ2v) is 5.09. The molecule has 0 saturated heterocycles. The summed E-state index contributed by atoms with van der Waals surface area (Å²) in [5.74, 6) is 0.882. The lowest BCUT2D eigenvalue weighted by molar-refractivity contribution is 0.191. The van der Waals surface area contributed by atoms with Crippen LogP contribution in [0.3, 0.4) is 0 Å². The number of ether oxygens (including phenoxy) is 1. The monoisotopic (exact) mass is 265 g/mol. The lowest BCUT2D eigenvalue weighted by Gasteiger charge is -2.31. The Morgan fingerprint density at radius 1 is 1.10 bits per heavy atom. The smallest absolute Gasteiger partial charge is 0.124 e. The Balaban J connectivity index is 1.81. The van der Waals surface area contributed by atoms with Crippen LogP contribution in [0.25, 0.3) is 10.9 Å². The number of hydrogen-bond acceptors (Lipinski definition) is 3. The standard InChI is InChI=1S/C16H15N3O/c17-16-12-6-2-4-8-15(12)20-10-14(16)19-13-7-3-1-5-11(13)9-18-19/h1-9,14,16H,10,17H2. The molecule has 0 fully saturated rings. The van der Waals surface area contributed by atoms with E-state index in [9.17, 15) is 0 Å². The van der Waals surface area contributed by atoms with Crippen LogP contribution in [0.5, 0.6) is 5.75 Å².